The molecule has 0 heterocycles. The number of allylic oxidation sites excluding steroid dienone is 1. The summed E-state index contributed by atoms with van der Waals surface area (Å²) in [6.07, 6.45) is -4.45. The molecule has 0 rings (SSSR count). The van der Waals surface area contributed by atoms with Crippen LogP contribution in [0.1, 0.15) is 20.8 Å². The molecule has 0 aliphatic rings. The van der Waals surface area contributed by atoms with E-state index in [1.165, 1.54) is 20.8 Å². The van der Waals surface area contributed by atoms with Gasteiger partial charge in [0.15, 0.2) is 5.76 Å². The molecule has 1 nitrogen and oxygen atoms in total. The highest BCUT2D eigenvalue weighted by molar-refractivity contribution is 4.93. The third kappa shape index (κ3) is 4.70. The molecule has 0 unspecified atom stereocenters. The second-order valence-corrected chi connectivity index (χ2v) is 3.14. The van der Waals surface area contributed by atoms with Crippen molar-refractivity contribution >= 4 is 0 Å². The van der Waals surface area contributed by atoms with Crippen LogP contribution < -0.4 is 0 Å². The highest BCUT2D eigenvalue weighted by Gasteiger charge is 2.36. The molecule has 0 aliphatic heterocycles. The molecular weight excluding hydrogens is 157 g/mol. The van der Waals surface area contributed by atoms with Crippen LogP contribution >= 0.6 is 0 Å². The predicted octanol–water partition coefficient (Wildman–Crippen LogP) is 2.88. The molecule has 0 amide bonds. The third-order valence-electron chi connectivity index (χ3n) is 0.746. The van der Waals surface area contributed by atoms with Gasteiger partial charge < -0.3 is 4.74 Å². The summed E-state index contributed by atoms with van der Waals surface area (Å²) < 4.78 is 39.7. The number of hydrogen-bond acceptors (Lipinski definition) is 1. The van der Waals surface area contributed by atoms with Crippen LogP contribution in [0.15, 0.2) is 12.3 Å². The molecule has 0 bridgehead atoms. The molecule has 4 heteroatoms. The van der Waals surface area contributed by atoms with Crippen LogP contribution in [0.2, 0.25) is 0 Å². The molecule has 0 spiro atoms. The summed E-state index contributed by atoms with van der Waals surface area (Å²) in [6, 6.07) is 0. The Bertz CT molecular complexity index is 152. The Morgan fingerprint density at radius 3 is 1.64 bits per heavy atom. The number of rotatable bonds is 1. The van der Waals surface area contributed by atoms with Crippen LogP contribution in [0.3, 0.4) is 0 Å². The molecule has 0 fully saturated rings. The van der Waals surface area contributed by atoms with Crippen molar-refractivity contribution in [3.8, 4) is 0 Å². The molecule has 0 radical (unpaired) electrons. The molecule has 0 saturated carbocycles. The largest absolute Gasteiger partial charge is 0.484 e. The summed E-state index contributed by atoms with van der Waals surface area (Å²) in [7, 11) is 0. The van der Waals surface area contributed by atoms with E-state index in [9.17, 15) is 13.2 Å². The Hall–Kier alpha value is -0.670. The molecular formula is C7H11F3O. The van der Waals surface area contributed by atoms with Gasteiger partial charge in [0.2, 0.25) is 0 Å². The first kappa shape index (κ1) is 10.3. The minimum Gasteiger partial charge on any atom is -0.484 e. The van der Waals surface area contributed by atoms with Crippen molar-refractivity contribution < 1.29 is 17.9 Å². The number of hydrogen-bond donors (Lipinski definition) is 0. The van der Waals surface area contributed by atoms with Crippen LogP contribution in [0, 0.1) is 0 Å². The smallest absolute Gasteiger partial charge is 0.448 e. The van der Waals surface area contributed by atoms with Gasteiger partial charge in [-0.25, -0.2) is 0 Å². The lowest BCUT2D eigenvalue weighted by molar-refractivity contribution is -0.149. The van der Waals surface area contributed by atoms with E-state index in [1.54, 1.807) is 0 Å². The van der Waals surface area contributed by atoms with Crippen molar-refractivity contribution in [2.24, 2.45) is 0 Å². The first-order chi connectivity index (χ1) is 4.63. The van der Waals surface area contributed by atoms with Crippen molar-refractivity contribution in [3.63, 3.8) is 0 Å². The van der Waals surface area contributed by atoms with Crippen LogP contribution in [0.4, 0.5) is 13.2 Å². The van der Waals surface area contributed by atoms with Gasteiger partial charge in [-0.15, -0.1) is 0 Å². The number of alkyl halides is 3. The minimum absolute atomic E-state index is 0.841. The number of halogens is 3. The lowest BCUT2D eigenvalue weighted by Crippen LogP contribution is -2.25. The summed E-state index contributed by atoms with van der Waals surface area (Å²) >= 11 is 0. The van der Waals surface area contributed by atoms with Gasteiger partial charge in [-0.2, -0.15) is 13.2 Å². The minimum atomic E-state index is -4.45. The fraction of sp³-hybridized carbons (Fsp3) is 0.714. The lowest BCUT2D eigenvalue weighted by atomic mass is 10.2. The second-order valence-electron chi connectivity index (χ2n) is 3.14. The second kappa shape index (κ2) is 2.75. The van der Waals surface area contributed by atoms with Gasteiger partial charge in [-0.05, 0) is 20.8 Å². The van der Waals surface area contributed by atoms with Gasteiger partial charge in [-0.1, -0.05) is 6.58 Å². The first-order valence-corrected chi connectivity index (χ1v) is 3.08. The Kier molecular flexibility index (Phi) is 2.59. The van der Waals surface area contributed by atoms with E-state index in [-0.39, 0.29) is 0 Å². The maximum absolute atomic E-state index is 11.8. The van der Waals surface area contributed by atoms with Gasteiger partial charge in [0.25, 0.3) is 0 Å². The fourth-order valence-electron chi connectivity index (χ4n) is 0.427. The highest BCUT2D eigenvalue weighted by atomic mass is 19.4. The van der Waals surface area contributed by atoms with E-state index in [4.69, 9.17) is 0 Å². The molecule has 0 aromatic carbocycles. The van der Waals surface area contributed by atoms with E-state index in [2.05, 4.69) is 11.3 Å². The third-order valence-corrected chi connectivity index (χ3v) is 0.746. The zero-order valence-electron chi connectivity index (χ0n) is 6.75. The Labute approximate surface area is 63.8 Å². The van der Waals surface area contributed by atoms with Gasteiger partial charge >= 0.3 is 6.18 Å². The van der Waals surface area contributed by atoms with Crippen LogP contribution in [-0.4, -0.2) is 11.8 Å². The molecule has 0 aliphatic carbocycles. The highest BCUT2D eigenvalue weighted by Crippen LogP contribution is 2.28. The number of ether oxygens (including phenoxy) is 1. The zero-order valence-corrected chi connectivity index (χ0v) is 6.75. The van der Waals surface area contributed by atoms with E-state index in [0.717, 1.165) is 0 Å². The van der Waals surface area contributed by atoms with Crippen LogP contribution in [0.25, 0.3) is 0 Å². The average molecular weight is 168 g/mol. The van der Waals surface area contributed by atoms with Crippen LogP contribution in [-0.2, 0) is 4.74 Å². The van der Waals surface area contributed by atoms with Gasteiger partial charge in [0.1, 0.15) is 5.60 Å². The quantitative estimate of drug-likeness (QED) is 0.547. The maximum atomic E-state index is 11.8. The molecule has 0 atom stereocenters. The summed E-state index contributed by atoms with van der Waals surface area (Å²) in [6.45, 7) is 7.36. The van der Waals surface area contributed by atoms with Gasteiger partial charge in [0.05, 0.1) is 0 Å². The summed E-state index contributed by atoms with van der Waals surface area (Å²) in [5.74, 6) is -1.15. The fourth-order valence-corrected chi connectivity index (χ4v) is 0.427. The molecule has 11 heavy (non-hydrogen) atoms. The average Bonchev–Trinajstić information content (AvgIpc) is 1.56. The summed E-state index contributed by atoms with van der Waals surface area (Å²) in [5, 5.41) is 0. The first-order valence-electron chi connectivity index (χ1n) is 3.08. The Balaban J connectivity index is 4.11. The van der Waals surface area contributed by atoms with Crippen molar-refractivity contribution in [1.29, 1.82) is 0 Å². The summed E-state index contributed by atoms with van der Waals surface area (Å²) in [5.41, 5.74) is -0.841. The monoisotopic (exact) mass is 168 g/mol. The molecule has 0 aromatic heterocycles. The predicted molar refractivity (Wildman–Crippen MR) is 36.0 cm³/mol. The van der Waals surface area contributed by atoms with Crippen LogP contribution in [0.5, 0.6) is 0 Å². The molecule has 0 N–H and O–H groups in total. The topological polar surface area (TPSA) is 9.23 Å². The Morgan fingerprint density at radius 2 is 1.55 bits per heavy atom. The van der Waals surface area contributed by atoms with E-state index in [1.807, 2.05) is 0 Å². The van der Waals surface area contributed by atoms with Gasteiger partial charge in [0, 0.05) is 0 Å². The van der Waals surface area contributed by atoms with Crippen molar-refractivity contribution in [3.05, 3.63) is 12.3 Å². The van der Waals surface area contributed by atoms with E-state index in [0.29, 0.717) is 0 Å². The van der Waals surface area contributed by atoms with Crippen molar-refractivity contribution in [2.45, 2.75) is 32.5 Å². The van der Waals surface area contributed by atoms with Crippen molar-refractivity contribution in [1.82, 2.24) is 0 Å². The van der Waals surface area contributed by atoms with E-state index < -0.39 is 17.5 Å². The standard InChI is InChI=1S/C7H11F3O/c1-5(7(8,9)10)11-6(2,3)4/h1H2,2-4H3. The van der Waals surface area contributed by atoms with Gasteiger partial charge in [-0.3, -0.25) is 0 Å². The van der Waals surface area contributed by atoms with Crippen molar-refractivity contribution in [2.75, 3.05) is 0 Å². The SMILES string of the molecule is C=C(OC(C)(C)C)C(F)(F)F. The summed E-state index contributed by atoms with van der Waals surface area (Å²) in [4.78, 5) is 0. The maximum Gasteiger partial charge on any atom is 0.448 e. The Morgan fingerprint density at radius 1 is 1.18 bits per heavy atom. The molecule has 0 aromatic rings. The normalized spacial score (nSPS) is 12.9. The zero-order chi connectivity index (χ0) is 9.28. The molecule has 66 valence electrons. The molecule has 0 saturated heterocycles. The lowest BCUT2D eigenvalue weighted by Gasteiger charge is -2.23. The van der Waals surface area contributed by atoms with E-state index >= 15 is 0 Å².